The second kappa shape index (κ2) is 7.33. The molecule has 0 bridgehead atoms. The first-order chi connectivity index (χ1) is 8.71. The summed E-state index contributed by atoms with van der Waals surface area (Å²) in [6, 6.07) is 5.71. The van der Waals surface area contributed by atoms with Crippen molar-refractivity contribution in [3.05, 3.63) is 48.1 Å². The minimum absolute atomic E-state index is 0.335. The Hall–Kier alpha value is -2.03. The topological polar surface area (TPSA) is 35.5 Å². The van der Waals surface area contributed by atoms with Crippen molar-refractivity contribution in [3.63, 3.8) is 0 Å². The molecule has 0 aliphatic carbocycles. The van der Waals surface area contributed by atoms with Gasteiger partial charge in [0.05, 0.1) is 13.7 Å². The van der Waals surface area contributed by atoms with Gasteiger partial charge in [0.15, 0.2) is 0 Å². The van der Waals surface area contributed by atoms with Crippen LogP contribution in [0.15, 0.2) is 36.9 Å². The van der Waals surface area contributed by atoms with Gasteiger partial charge in [-0.05, 0) is 42.7 Å². The summed E-state index contributed by atoms with van der Waals surface area (Å²) in [4.78, 5) is 11.3. The molecule has 0 N–H and O–H groups in total. The van der Waals surface area contributed by atoms with Crippen LogP contribution in [0.1, 0.15) is 18.1 Å². The Bertz CT molecular complexity index is 447. The summed E-state index contributed by atoms with van der Waals surface area (Å²) in [5.74, 6) is 0.456. The van der Waals surface area contributed by atoms with Gasteiger partial charge in [0.25, 0.3) is 0 Å². The number of benzene rings is 1. The molecule has 1 aromatic carbocycles. The van der Waals surface area contributed by atoms with Gasteiger partial charge in [-0.3, -0.25) is 0 Å². The summed E-state index contributed by atoms with van der Waals surface area (Å²) in [7, 11) is 1.63. The lowest BCUT2D eigenvalue weighted by atomic mass is 10.0. The van der Waals surface area contributed by atoms with Crippen molar-refractivity contribution >= 4 is 12.0 Å². The molecule has 0 spiro atoms. The average Bonchev–Trinajstić information content (AvgIpc) is 2.38. The van der Waals surface area contributed by atoms with E-state index in [0.717, 1.165) is 23.3 Å². The summed E-state index contributed by atoms with van der Waals surface area (Å²) >= 11 is 0. The molecule has 1 aromatic rings. The van der Waals surface area contributed by atoms with Crippen LogP contribution in [0.4, 0.5) is 0 Å². The first-order valence-electron chi connectivity index (χ1n) is 5.84. The first kappa shape index (κ1) is 14.0. The van der Waals surface area contributed by atoms with Gasteiger partial charge >= 0.3 is 5.97 Å². The molecule has 18 heavy (non-hydrogen) atoms. The second-order valence-electron chi connectivity index (χ2n) is 3.64. The van der Waals surface area contributed by atoms with Crippen LogP contribution in [-0.2, 0) is 16.0 Å². The second-order valence-corrected chi connectivity index (χ2v) is 3.64. The fraction of sp³-hybridized carbons (Fsp3) is 0.267. The number of ether oxygens (including phenoxy) is 2. The predicted octanol–water partition coefficient (Wildman–Crippen LogP) is 3.00. The van der Waals surface area contributed by atoms with Crippen molar-refractivity contribution in [2.24, 2.45) is 0 Å². The summed E-state index contributed by atoms with van der Waals surface area (Å²) in [6.45, 7) is 5.88. The number of allylic oxidation sites excluding steroid dienone is 1. The number of hydrogen-bond acceptors (Lipinski definition) is 3. The van der Waals surface area contributed by atoms with Crippen molar-refractivity contribution < 1.29 is 14.3 Å². The van der Waals surface area contributed by atoms with Gasteiger partial charge < -0.3 is 9.47 Å². The van der Waals surface area contributed by atoms with Gasteiger partial charge in [-0.1, -0.05) is 12.1 Å². The largest absolute Gasteiger partial charge is 0.497 e. The smallest absolute Gasteiger partial charge is 0.330 e. The van der Waals surface area contributed by atoms with Crippen molar-refractivity contribution in [1.29, 1.82) is 0 Å². The van der Waals surface area contributed by atoms with E-state index < -0.39 is 0 Å². The fourth-order valence-electron chi connectivity index (χ4n) is 1.55. The normalized spacial score (nSPS) is 10.3. The molecule has 0 saturated carbocycles. The average molecular weight is 246 g/mol. The van der Waals surface area contributed by atoms with Crippen LogP contribution in [0.2, 0.25) is 0 Å². The molecule has 0 radical (unpaired) electrons. The lowest BCUT2D eigenvalue weighted by molar-refractivity contribution is -0.137. The van der Waals surface area contributed by atoms with Crippen LogP contribution in [-0.4, -0.2) is 19.7 Å². The van der Waals surface area contributed by atoms with Crippen LogP contribution in [0.25, 0.3) is 6.08 Å². The Labute approximate surface area is 108 Å². The highest BCUT2D eigenvalue weighted by Gasteiger charge is 2.02. The molecular weight excluding hydrogens is 228 g/mol. The molecule has 3 heteroatoms. The van der Waals surface area contributed by atoms with E-state index in [0.29, 0.717) is 6.61 Å². The fourth-order valence-corrected chi connectivity index (χ4v) is 1.55. The Kier molecular flexibility index (Phi) is 5.71. The highest BCUT2D eigenvalue weighted by Crippen LogP contribution is 2.19. The number of esters is 1. The van der Waals surface area contributed by atoms with E-state index in [1.165, 1.54) is 6.08 Å². The molecule has 0 saturated heterocycles. The zero-order valence-electron chi connectivity index (χ0n) is 10.8. The molecule has 0 unspecified atom stereocenters. The van der Waals surface area contributed by atoms with Gasteiger partial charge in [-0.15, -0.1) is 6.58 Å². The highest BCUT2D eigenvalue weighted by atomic mass is 16.5. The number of carbonyl (C=O) groups excluding carboxylic acids is 1. The van der Waals surface area contributed by atoms with Gasteiger partial charge in [0.2, 0.25) is 0 Å². The lowest BCUT2D eigenvalue weighted by Crippen LogP contribution is -1.99. The minimum atomic E-state index is -0.335. The number of hydrogen-bond donors (Lipinski definition) is 0. The summed E-state index contributed by atoms with van der Waals surface area (Å²) in [6.07, 6.45) is 5.71. The molecule has 0 heterocycles. The highest BCUT2D eigenvalue weighted by molar-refractivity contribution is 5.87. The van der Waals surface area contributed by atoms with Gasteiger partial charge in [-0.25, -0.2) is 4.79 Å². The van der Waals surface area contributed by atoms with Crippen LogP contribution >= 0.6 is 0 Å². The summed E-state index contributed by atoms with van der Waals surface area (Å²) in [5, 5.41) is 0. The van der Waals surface area contributed by atoms with Gasteiger partial charge in [-0.2, -0.15) is 0 Å². The van der Waals surface area contributed by atoms with E-state index >= 15 is 0 Å². The summed E-state index contributed by atoms with van der Waals surface area (Å²) < 4.78 is 10.0. The lowest BCUT2D eigenvalue weighted by Gasteiger charge is -2.06. The molecule has 1 rings (SSSR count). The maximum absolute atomic E-state index is 11.3. The molecule has 0 aliphatic rings. The molecule has 0 atom stereocenters. The molecule has 0 aromatic heterocycles. The van der Waals surface area contributed by atoms with E-state index in [1.54, 1.807) is 20.1 Å². The Morgan fingerprint density at radius 2 is 2.22 bits per heavy atom. The molecular formula is C15H18O3. The number of carbonyl (C=O) groups is 1. The minimum Gasteiger partial charge on any atom is -0.497 e. The third-order valence-corrected chi connectivity index (χ3v) is 2.40. The Morgan fingerprint density at radius 3 is 2.83 bits per heavy atom. The van der Waals surface area contributed by atoms with Crippen LogP contribution < -0.4 is 4.74 Å². The molecule has 3 nitrogen and oxygen atoms in total. The van der Waals surface area contributed by atoms with E-state index in [-0.39, 0.29) is 5.97 Å². The molecule has 96 valence electrons. The standard InChI is InChI=1S/C15H18O3/c1-4-6-13-11-14(17-3)9-7-12(13)8-10-15(16)18-5-2/h4,7-11H,1,5-6H2,2-3H3/b10-8+. The van der Waals surface area contributed by atoms with E-state index in [1.807, 2.05) is 24.3 Å². The number of rotatable bonds is 6. The van der Waals surface area contributed by atoms with Crippen molar-refractivity contribution in [2.45, 2.75) is 13.3 Å². The van der Waals surface area contributed by atoms with Crippen molar-refractivity contribution in [1.82, 2.24) is 0 Å². The Morgan fingerprint density at radius 1 is 1.44 bits per heavy atom. The third kappa shape index (κ3) is 4.09. The summed E-state index contributed by atoms with van der Waals surface area (Å²) in [5.41, 5.74) is 2.02. The molecule has 0 aliphatic heterocycles. The molecule has 0 amide bonds. The maximum Gasteiger partial charge on any atom is 0.330 e. The number of methoxy groups -OCH3 is 1. The van der Waals surface area contributed by atoms with Crippen LogP contribution in [0, 0.1) is 0 Å². The SMILES string of the molecule is C=CCc1cc(OC)ccc1/C=C/C(=O)OCC. The van der Waals surface area contributed by atoms with E-state index in [4.69, 9.17) is 9.47 Å². The maximum atomic E-state index is 11.3. The van der Waals surface area contributed by atoms with E-state index in [2.05, 4.69) is 6.58 Å². The zero-order valence-corrected chi connectivity index (χ0v) is 10.8. The third-order valence-electron chi connectivity index (χ3n) is 2.40. The van der Waals surface area contributed by atoms with Gasteiger partial charge in [0.1, 0.15) is 5.75 Å². The molecule has 0 fully saturated rings. The van der Waals surface area contributed by atoms with Crippen molar-refractivity contribution in [3.8, 4) is 5.75 Å². The predicted molar refractivity (Wildman–Crippen MR) is 72.6 cm³/mol. The van der Waals surface area contributed by atoms with Crippen molar-refractivity contribution in [2.75, 3.05) is 13.7 Å². The zero-order chi connectivity index (χ0) is 13.4. The first-order valence-corrected chi connectivity index (χ1v) is 5.84. The van der Waals surface area contributed by atoms with E-state index in [9.17, 15) is 4.79 Å². The monoisotopic (exact) mass is 246 g/mol. The van der Waals surface area contributed by atoms with Crippen LogP contribution in [0.5, 0.6) is 5.75 Å². The van der Waals surface area contributed by atoms with Gasteiger partial charge in [0, 0.05) is 6.08 Å². The Balaban J connectivity index is 2.93. The van der Waals surface area contributed by atoms with Crippen LogP contribution in [0.3, 0.4) is 0 Å². The quantitative estimate of drug-likeness (QED) is 0.440.